The van der Waals surface area contributed by atoms with Gasteiger partial charge in [-0.25, -0.2) is 0 Å². The number of allylic oxidation sites excluding steroid dienone is 4. The van der Waals surface area contributed by atoms with Crippen LogP contribution in [0.25, 0.3) is 0 Å². The van der Waals surface area contributed by atoms with E-state index in [-0.39, 0.29) is 24.2 Å². The Morgan fingerprint density at radius 1 is 0.783 bits per heavy atom. The van der Waals surface area contributed by atoms with Crippen LogP contribution >= 0.6 is 0 Å². The Bertz CT molecular complexity index is 1540. The van der Waals surface area contributed by atoms with Crippen LogP contribution in [0, 0.1) is 0 Å². The summed E-state index contributed by atoms with van der Waals surface area (Å²) in [6, 6.07) is -1.04. The average molecular weight is 847 g/mol. The lowest BCUT2D eigenvalue weighted by Gasteiger charge is -2.32. The van der Waals surface area contributed by atoms with Crippen molar-refractivity contribution in [1.82, 2.24) is 20.9 Å². The molecule has 2 rings (SSSR count). The van der Waals surface area contributed by atoms with Crippen LogP contribution in [0.3, 0.4) is 0 Å². The first kappa shape index (κ1) is 51.9. The number of amides is 4. The van der Waals surface area contributed by atoms with E-state index >= 15 is 0 Å². The summed E-state index contributed by atoms with van der Waals surface area (Å²) in [5.41, 5.74) is 0.140. The maximum Gasteiger partial charge on any atom is 0.248 e. The summed E-state index contributed by atoms with van der Waals surface area (Å²) in [6.07, 6.45) is 10.2. The fourth-order valence-corrected chi connectivity index (χ4v) is 6.89. The van der Waals surface area contributed by atoms with E-state index in [1.165, 1.54) is 57.4 Å². The largest absolute Gasteiger partial charge is 0.508 e. The molecule has 0 aliphatic carbocycles. The van der Waals surface area contributed by atoms with Gasteiger partial charge in [-0.15, -0.1) is 0 Å². The van der Waals surface area contributed by atoms with Crippen molar-refractivity contribution in [3.05, 3.63) is 54.1 Å². The first-order valence-electron chi connectivity index (χ1n) is 21.4. The van der Waals surface area contributed by atoms with Gasteiger partial charge in [0.25, 0.3) is 0 Å². The summed E-state index contributed by atoms with van der Waals surface area (Å²) in [5.74, 6) is -4.23. The molecule has 1 aromatic carbocycles. The Morgan fingerprint density at radius 2 is 1.38 bits per heavy atom. The van der Waals surface area contributed by atoms with Crippen molar-refractivity contribution < 1.29 is 59.7 Å². The molecule has 4 amide bonds. The van der Waals surface area contributed by atoms with Crippen molar-refractivity contribution in [3.63, 3.8) is 0 Å². The van der Waals surface area contributed by atoms with E-state index < -0.39 is 103 Å². The lowest BCUT2D eigenvalue weighted by atomic mass is 9.96. The molecule has 16 nitrogen and oxygen atoms in total. The molecule has 1 saturated heterocycles. The van der Waals surface area contributed by atoms with E-state index in [2.05, 4.69) is 47.2 Å². The molecule has 0 aromatic heterocycles. The van der Waals surface area contributed by atoms with E-state index in [0.29, 0.717) is 6.42 Å². The number of benzene rings is 1. The van der Waals surface area contributed by atoms with Crippen molar-refractivity contribution in [2.45, 2.75) is 178 Å². The highest BCUT2D eigenvalue weighted by Crippen LogP contribution is 2.24. The second-order valence-electron chi connectivity index (χ2n) is 15.9. The third-order valence-electron chi connectivity index (χ3n) is 10.6. The van der Waals surface area contributed by atoms with Gasteiger partial charge in [0.1, 0.15) is 42.1 Å². The van der Waals surface area contributed by atoms with E-state index in [0.717, 1.165) is 56.8 Å². The first-order valence-corrected chi connectivity index (χ1v) is 21.4. The Labute approximate surface area is 354 Å². The SMILES string of the molecule is CCCCC/C=C/C/C=C/CCCCCCCC(=O)N[C@@H](C[C@@H](O)[C@H](C)O)C(=O)N[C@H](C(=O)N1C[C@H](O)C[C@H]1C(=O)N[C@H](C(C)=O)[C@H](O)[C@@H](O)c1ccc(O)cc1)[C@@H](C)O. The molecule has 0 saturated carbocycles. The van der Waals surface area contributed by atoms with Gasteiger partial charge in [0.15, 0.2) is 5.78 Å². The Kier molecular flexibility index (Phi) is 23.9. The maximum atomic E-state index is 13.9. The number of nitrogens with one attached hydrogen (secondary N) is 3. The fraction of sp³-hybridized carbons (Fsp3) is 0.659. The molecule has 0 bridgehead atoms. The third-order valence-corrected chi connectivity index (χ3v) is 10.6. The smallest absolute Gasteiger partial charge is 0.248 e. The lowest BCUT2D eigenvalue weighted by molar-refractivity contribution is -0.145. The molecule has 1 aliphatic rings. The number of carbonyl (C=O) groups excluding carboxylic acids is 5. The molecule has 338 valence electrons. The van der Waals surface area contributed by atoms with Crippen molar-refractivity contribution in [2.24, 2.45) is 0 Å². The molecule has 60 heavy (non-hydrogen) atoms. The standard InChI is InChI=1S/C44H70N4O12/c1-5-6-7-8-9-10-11-12-13-14-15-16-17-18-19-20-37(55)45-34(26-36(54)28(2)49)42(58)47-39(30(4)51)44(60)48-27-33(53)25-35(48)43(59)46-38(29(3)50)41(57)40(56)31-21-23-32(52)24-22-31/h9-10,12-13,21-24,28,30,33-36,38-41,49,51-54,56-57H,5-8,11,14-20,25-27H2,1-4H3,(H,45,55)(H,46,59)(H,47,58)/b10-9+,13-12+/t28-,30+,33+,34-,35-,36+,38+,39-,40-,41-/m0/s1. The van der Waals surface area contributed by atoms with Gasteiger partial charge in [-0.2, -0.15) is 0 Å². The van der Waals surface area contributed by atoms with Crippen molar-refractivity contribution >= 4 is 29.4 Å². The number of ketones is 1. The van der Waals surface area contributed by atoms with Gasteiger partial charge in [-0.1, -0.05) is 75.5 Å². The highest BCUT2D eigenvalue weighted by Gasteiger charge is 2.45. The Balaban J connectivity index is 2.02. The zero-order valence-corrected chi connectivity index (χ0v) is 35.6. The number of phenolic OH excluding ortho intramolecular Hbond substituents is 1. The summed E-state index contributed by atoms with van der Waals surface area (Å²) >= 11 is 0. The molecule has 10 atom stereocenters. The number of phenols is 1. The number of rotatable bonds is 28. The Hall–Kier alpha value is -4.19. The van der Waals surface area contributed by atoms with E-state index in [9.17, 15) is 59.7 Å². The van der Waals surface area contributed by atoms with E-state index in [4.69, 9.17) is 0 Å². The van der Waals surface area contributed by atoms with Crippen LogP contribution in [0.15, 0.2) is 48.6 Å². The lowest BCUT2D eigenvalue weighted by Crippen LogP contribution is -2.61. The monoisotopic (exact) mass is 846 g/mol. The quantitative estimate of drug-likeness (QED) is 0.0430. The number of Topliss-reactive ketones (excluding diaryl/α,β-unsaturated/α-hetero) is 1. The number of hydrogen-bond acceptors (Lipinski definition) is 12. The molecule has 1 heterocycles. The highest BCUT2D eigenvalue weighted by molar-refractivity contribution is 5.96. The predicted molar refractivity (Wildman–Crippen MR) is 225 cm³/mol. The van der Waals surface area contributed by atoms with Crippen LogP contribution in [-0.4, -0.2) is 131 Å². The number of carbonyl (C=O) groups is 5. The van der Waals surface area contributed by atoms with Gasteiger partial charge < -0.3 is 56.6 Å². The zero-order valence-electron chi connectivity index (χ0n) is 35.6. The summed E-state index contributed by atoms with van der Waals surface area (Å²) in [6.45, 7) is 5.38. The fourth-order valence-electron chi connectivity index (χ4n) is 6.89. The van der Waals surface area contributed by atoms with Gasteiger partial charge in [0, 0.05) is 25.8 Å². The van der Waals surface area contributed by atoms with Crippen LogP contribution in [0.2, 0.25) is 0 Å². The molecule has 16 heteroatoms. The normalized spacial score (nSPS) is 19.6. The van der Waals surface area contributed by atoms with Crippen molar-refractivity contribution in [3.8, 4) is 5.75 Å². The van der Waals surface area contributed by atoms with Crippen molar-refractivity contribution in [2.75, 3.05) is 6.54 Å². The molecule has 1 fully saturated rings. The number of β-amino-alcohol motifs (C(OH)–C–C–N with tert-alkyl or cyclic N) is 1. The minimum absolute atomic E-state index is 0.0855. The molecular formula is C44H70N4O12. The van der Waals surface area contributed by atoms with E-state index in [1.54, 1.807) is 0 Å². The third kappa shape index (κ3) is 18.2. The molecule has 1 aromatic rings. The highest BCUT2D eigenvalue weighted by atomic mass is 16.3. The van der Waals surface area contributed by atoms with Crippen molar-refractivity contribution in [1.29, 1.82) is 0 Å². The van der Waals surface area contributed by atoms with Gasteiger partial charge in [-0.05, 0) is 77.0 Å². The first-order chi connectivity index (χ1) is 28.5. The Morgan fingerprint density at radius 3 is 1.97 bits per heavy atom. The number of nitrogens with zero attached hydrogens (tertiary/aromatic N) is 1. The van der Waals surface area contributed by atoms with Crippen LogP contribution in [0.1, 0.15) is 129 Å². The van der Waals surface area contributed by atoms with E-state index in [1.807, 2.05) is 0 Å². The minimum Gasteiger partial charge on any atom is -0.508 e. The van der Waals surface area contributed by atoms with Gasteiger partial charge >= 0.3 is 0 Å². The summed E-state index contributed by atoms with van der Waals surface area (Å²) < 4.78 is 0. The van der Waals surface area contributed by atoms with Gasteiger partial charge in [-0.3, -0.25) is 24.0 Å². The molecule has 10 N–H and O–H groups in total. The van der Waals surface area contributed by atoms with Gasteiger partial charge in [0.2, 0.25) is 23.6 Å². The topological polar surface area (TPSA) is 266 Å². The second-order valence-corrected chi connectivity index (χ2v) is 15.9. The van der Waals surface area contributed by atoms with Crippen LogP contribution in [0.5, 0.6) is 5.75 Å². The second kappa shape index (κ2) is 27.6. The number of likely N-dealkylation sites (tertiary alicyclic amines) is 1. The van der Waals surface area contributed by atoms with Crippen LogP contribution in [0.4, 0.5) is 0 Å². The average Bonchev–Trinajstić information content (AvgIpc) is 3.60. The molecule has 0 unspecified atom stereocenters. The zero-order chi connectivity index (χ0) is 44.8. The molecule has 0 radical (unpaired) electrons. The minimum atomic E-state index is -1.85. The molecule has 1 aliphatic heterocycles. The number of aromatic hydroxyl groups is 1. The summed E-state index contributed by atoms with van der Waals surface area (Å²) in [4.78, 5) is 67.5. The summed E-state index contributed by atoms with van der Waals surface area (Å²) in [5, 5.41) is 80.1. The molecule has 0 spiro atoms. The van der Waals surface area contributed by atoms with Gasteiger partial charge in [0.05, 0.1) is 24.4 Å². The predicted octanol–water partition coefficient (Wildman–Crippen LogP) is 2.12. The number of unbranched alkanes of at least 4 members (excludes halogenated alkanes) is 8. The van der Waals surface area contributed by atoms with Crippen LogP contribution in [-0.2, 0) is 24.0 Å². The number of aliphatic hydroxyl groups excluding tert-OH is 6. The van der Waals surface area contributed by atoms with Crippen LogP contribution < -0.4 is 16.0 Å². The number of hydrogen-bond donors (Lipinski definition) is 10. The molecular weight excluding hydrogens is 776 g/mol. The summed E-state index contributed by atoms with van der Waals surface area (Å²) in [7, 11) is 0. The number of aliphatic hydroxyl groups is 6. The maximum absolute atomic E-state index is 13.9.